The molecule has 116 valence electrons. The second-order valence-corrected chi connectivity index (χ2v) is 5.57. The lowest BCUT2D eigenvalue weighted by atomic mass is 10.1. The van der Waals surface area contributed by atoms with Crippen molar-refractivity contribution >= 4 is 11.9 Å². The van der Waals surface area contributed by atoms with Crippen LogP contribution < -0.4 is 0 Å². The third-order valence-electron chi connectivity index (χ3n) is 3.55. The summed E-state index contributed by atoms with van der Waals surface area (Å²) in [7, 11) is 1.82. The SMILES string of the molecule is CC(C)c1cc(C(=O)N2CCO[C@@H](CC(=O)O)C2)nn1C. The molecule has 0 bridgehead atoms. The fourth-order valence-electron chi connectivity index (χ4n) is 2.51. The first-order valence-electron chi connectivity index (χ1n) is 7.05. The van der Waals surface area contributed by atoms with E-state index in [0.29, 0.717) is 25.4 Å². The monoisotopic (exact) mass is 295 g/mol. The van der Waals surface area contributed by atoms with Gasteiger partial charge in [-0.15, -0.1) is 0 Å². The van der Waals surface area contributed by atoms with Crippen molar-refractivity contribution in [3.05, 3.63) is 17.5 Å². The van der Waals surface area contributed by atoms with Gasteiger partial charge in [0, 0.05) is 25.8 Å². The lowest BCUT2D eigenvalue weighted by Gasteiger charge is -2.31. The highest BCUT2D eigenvalue weighted by molar-refractivity contribution is 5.92. The van der Waals surface area contributed by atoms with Crippen LogP contribution in [-0.4, -0.2) is 57.5 Å². The van der Waals surface area contributed by atoms with Crippen LogP contribution >= 0.6 is 0 Å². The Balaban J connectivity index is 2.08. The molecule has 1 fully saturated rings. The summed E-state index contributed by atoms with van der Waals surface area (Å²) in [4.78, 5) is 24.8. The number of carbonyl (C=O) groups excluding carboxylic acids is 1. The standard InChI is InChI=1S/C14H21N3O4/c1-9(2)12-7-11(15-16(12)3)14(20)17-4-5-21-10(8-17)6-13(18)19/h7,9-10H,4-6,8H2,1-3H3,(H,18,19)/t10-/m0/s1. The molecule has 0 unspecified atom stereocenters. The smallest absolute Gasteiger partial charge is 0.306 e. The summed E-state index contributed by atoms with van der Waals surface area (Å²) in [6, 6.07) is 1.80. The van der Waals surface area contributed by atoms with Crippen LogP contribution in [0.4, 0.5) is 0 Å². The number of morpholine rings is 1. The summed E-state index contributed by atoms with van der Waals surface area (Å²) in [5, 5.41) is 13.1. The first-order valence-corrected chi connectivity index (χ1v) is 7.05. The van der Waals surface area contributed by atoms with E-state index in [9.17, 15) is 9.59 Å². The van der Waals surface area contributed by atoms with Crippen LogP contribution in [0.5, 0.6) is 0 Å². The Kier molecular flexibility index (Phi) is 4.62. The normalized spacial score (nSPS) is 19.0. The highest BCUT2D eigenvalue weighted by Crippen LogP contribution is 2.17. The third kappa shape index (κ3) is 3.60. The molecule has 7 heteroatoms. The van der Waals surface area contributed by atoms with E-state index in [1.54, 1.807) is 15.6 Å². The molecule has 1 aliphatic rings. The van der Waals surface area contributed by atoms with Gasteiger partial charge in [-0.05, 0) is 12.0 Å². The first-order chi connectivity index (χ1) is 9.88. The van der Waals surface area contributed by atoms with Crippen LogP contribution in [-0.2, 0) is 16.6 Å². The number of rotatable bonds is 4. The van der Waals surface area contributed by atoms with Crippen LogP contribution in [0.15, 0.2) is 6.07 Å². The number of hydrogen-bond donors (Lipinski definition) is 1. The van der Waals surface area contributed by atoms with E-state index < -0.39 is 12.1 Å². The van der Waals surface area contributed by atoms with E-state index in [4.69, 9.17) is 9.84 Å². The van der Waals surface area contributed by atoms with Crippen molar-refractivity contribution in [3.63, 3.8) is 0 Å². The zero-order valence-electron chi connectivity index (χ0n) is 12.6. The summed E-state index contributed by atoms with van der Waals surface area (Å²) < 4.78 is 7.09. The Morgan fingerprint density at radius 1 is 1.52 bits per heavy atom. The number of hydrogen-bond acceptors (Lipinski definition) is 4. The highest BCUT2D eigenvalue weighted by atomic mass is 16.5. The van der Waals surface area contributed by atoms with Crippen LogP contribution in [0, 0.1) is 0 Å². The summed E-state index contributed by atoms with van der Waals surface area (Å²) in [6.45, 7) is 5.20. The van der Waals surface area contributed by atoms with Crippen molar-refractivity contribution < 1.29 is 19.4 Å². The predicted molar refractivity (Wildman–Crippen MR) is 75.2 cm³/mol. The number of aliphatic carboxylic acids is 1. The van der Waals surface area contributed by atoms with Crippen LogP contribution in [0.2, 0.25) is 0 Å². The number of carboxylic acids is 1. The molecule has 1 saturated heterocycles. The third-order valence-corrected chi connectivity index (χ3v) is 3.55. The molecule has 1 aliphatic heterocycles. The van der Waals surface area contributed by atoms with Crippen LogP contribution in [0.1, 0.15) is 42.4 Å². The van der Waals surface area contributed by atoms with Gasteiger partial charge < -0.3 is 14.7 Å². The maximum atomic E-state index is 12.5. The Morgan fingerprint density at radius 2 is 2.24 bits per heavy atom. The van der Waals surface area contributed by atoms with Crippen molar-refractivity contribution in [1.29, 1.82) is 0 Å². The zero-order valence-corrected chi connectivity index (χ0v) is 12.6. The van der Waals surface area contributed by atoms with Gasteiger partial charge in [-0.3, -0.25) is 14.3 Å². The molecule has 1 atom stereocenters. The molecule has 1 aromatic heterocycles. The van der Waals surface area contributed by atoms with Gasteiger partial charge in [-0.2, -0.15) is 5.10 Å². The Labute approximate surface area is 123 Å². The Hall–Kier alpha value is -1.89. The molecular formula is C14H21N3O4. The van der Waals surface area contributed by atoms with Gasteiger partial charge >= 0.3 is 5.97 Å². The van der Waals surface area contributed by atoms with E-state index in [0.717, 1.165) is 5.69 Å². The van der Waals surface area contributed by atoms with Crippen molar-refractivity contribution in [2.75, 3.05) is 19.7 Å². The minimum Gasteiger partial charge on any atom is -0.481 e. The molecule has 0 aromatic carbocycles. The maximum Gasteiger partial charge on any atom is 0.306 e. The fraction of sp³-hybridized carbons (Fsp3) is 0.643. The van der Waals surface area contributed by atoms with Gasteiger partial charge in [0.1, 0.15) is 0 Å². The summed E-state index contributed by atoms with van der Waals surface area (Å²) in [6.07, 6.45) is -0.544. The molecule has 0 aliphatic carbocycles. The minimum absolute atomic E-state index is 0.0940. The van der Waals surface area contributed by atoms with E-state index >= 15 is 0 Å². The van der Waals surface area contributed by atoms with Crippen LogP contribution in [0.3, 0.4) is 0 Å². The molecule has 7 nitrogen and oxygen atoms in total. The van der Waals surface area contributed by atoms with Gasteiger partial charge in [0.2, 0.25) is 0 Å². The topological polar surface area (TPSA) is 84.7 Å². The molecule has 0 spiro atoms. The van der Waals surface area contributed by atoms with Gasteiger partial charge in [0.25, 0.3) is 5.91 Å². The largest absolute Gasteiger partial charge is 0.481 e. The number of aromatic nitrogens is 2. The molecule has 0 saturated carbocycles. The van der Waals surface area contributed by atoms with Crippen LogP contribution in [0.25, 0.3) is 0 Å². The molecule has 1 N–H and O–H groups in total. The first kappa shape index (κ1) is 15.5. The lowest BCUT2D eigenvalue weighted by molar-refractivity contribution is -0.141. The molecule has 2 rings (SSSR count). The molecular weight excluding hydrogens is 274 g/mol. The molecule has 1 amide bonds. The van der Waals surface area contributed by atoms with E-state index in [1.807, 2.05) is 20.9 Å². The predicted octanol–water partition coefficient (Wildman–Crippen LogP) is 0.859. The number of aryl methyl sites for hydroxylation is 1. The van der Waals surface area contributed by atoms with E-state index in [2.05, 4.69) is 5.10 Å². The number of amides is 1. The highest BCUT2D eigenvalue weighted by Gasteiger charge is 2.28. The number of ether oxygens (including phenoxy) is 1. The van der Waals surface area contributed by atoms with Gasteiger partial charge in [-0.1, -0.05) is 13.8 Å². The molecule has 0 radical (unpaired) electrons. The molecule has 21 heavy (non-hydrogen) atoms. The summed E-state index contributed by atoms with van der Waals surface area (Å²) >= 11 is 0. The van der Waals surface area contributed by atoms with Crippen molar-refractivity contribution in [1.82, 2.24) is 14.7 Å². The van der Waals surface area contributed by atoms with E-state index in [-0.39, 0.29) is 18.2 Å². The zero-order chi connectivity index (χ0) is 15.6. The number of nitrogens with zero attached hydrogens (tertiary/aromatic N) is 3. The Bertz CT molecular complexity index is 538. The van der Waals surface area contributed by atoms with Crippen molar-refractivity contribution in [2.24, 2.45) is 7.05 Å². The summed E-state index contributed by atoms with van der Waals surface area (Å²) in [5.41, 5.74) is 1.39. The molecule has 1 aromatic rings. The molecule has 2 heterocycles. The minimum atomic E-state index is -0.922. The summed E-state index contributed by atoms with van der Waals surface area (Å²) in [5.74, 6) is -0.807. The quantitative estimate of drug-likeness (QED) is 0.890. The Morgan fingerprint density at radius 3 is 2.81 bits per heavy atom. The second-order valence-electron chi connectivity index (χ2n) is 5.57. The van der Waals surface area contributed by atoms with Gasteiger partial charge in [0.15, 0.2) is 5.69 Å². The lowest BCUT2D eigenvalue weighted by Crippen LogP contribution is -2.46. The number of carboxylic acid groups (broad SMARTS) is 1. The van der Waals surface area contributed by atoms with Crippen molar-refractivity contribution in [2.45, 2.75) is 32.3 Å². The van der Waals surface area contributed by atoms with Gasteiger partial charge in [-0.25, -0.2) is 0 Å². The second kappa shape index (κ2) is 6.26. The van der Waals surface area contributed by atoms with Crippen molar-refractivity contribution in [3.8, 4) is 0 Å². The van der Waals surface area contributed by atoms with E-state index in [1.165, 1.54) is 0 Å². The maximum absolute atomic E-state index is 12.5. The number of carbonyl (C=O) groups is 2. The average molecular weight is 295 g/mol. The van der Waals surface area contributed by atoms with Gasteiger partial charge in [0.05, 0.1) is 19.1 Å². The fourth-order valence-corrected chi connectivity index (χ4v) is 2.51. The average Bonchev–Trinajstić information content (AvgIpc) is 2.79.